The fourth-order valence-electron chi connectivity index (χ4n) is 2.02. The molecule has 0 aliphatic carbocycles. The Balaban J connectivity index is 1.98. The van der Waals surface area contributed by atoms with Gasteiger partial charge in [0.15, 0.2) is 6.61 Å². The number of halogens is 1. The molecule has 21 heavy (non-hydrogen) atoms. The van der Waals surface area contributed by atoms with Crippen LogP contribution in [0.2, 0.25) is 0 Å². The van der Waals surface area contributed by atoms with Crippen molar-refractivity contribution in [1.82, 2.24) is 0 Å². The maximum absolute atomic E-state index is 11.9. The van der Waals surface area contributed by atoms with E-state index in [2.05, 4.69) is 34.0 Å². The van der Waals surface area contributed by atoms with Crippen molar-refractivity contribution in [3.8, 4) is 5.75 Å². The monoisotopic (exact) mass is 395 g/mol. The summed E-state index contributed by atoms with van der Waals surface area (Å²) in [5.74, 6) is 0.643. The molecule has 0 fully saturated rings. The first kappa shape index (κ1) is 15.8. The van der Waals surface area contributed by atoms with Gasteiger partial charge in [0.25, 0.3) is 5.91 Å². The van der Waals surface area contributed by atoms with Gasteiger partial charge in [-0.1, -0.05) is 12.1 Å². The van der Waals surface area contributed by atoms with E-state index >= 15 is 0 Å². The summed E-state index contributed by atoms with van der Waals surface area (Å²) in [6, 6.07) is 11.7. The lowest BCUT2D eigenvalue weighted by Gasteiger charge is -2.14. The first-order valence-electron chi connectivity index (χ1n) is 6.72. The Kier molecular flexibility index (Phi) is 5.22. The van der Waals surface area contributed by atoms with Crippen molar-refractivity contribution < 1.29 is 9.53 Å². The number of benzene rings is 2. The zero-order valence-electron chi connectivity index (χ0n) is 12.4. The molecular formula is C17H18INO2. The molecule has 1 N–H and O–H groups in total. The van der Waals surface area contributed by atoms with Crippen LogP contribution < -0.4 is 10.1 Å². The van der Waals surface area contributed by atoms with Gasteiger partial charge in [-0.2, -0.15) is 0 Å². The molecule has 2 aromatic carbocycles. The highest BCUT2D eigenvalue weighted by molar-refractivity contribution is 14.1. The van der Waals surface area contributed by atoms with Crippen molar-refractivity contribution in [2.75, 3.05) is 11.9 Å². The highest BCUT2D eigenvalue weighted by atomic mass is 127. The number of ether oxygens (including phenoxy) is 1. The van der Waals surface area contributed by atoms with E-state index in [-0.39, 0.29) is 12.5 Å². The molecule has 0 unspecified atom stereocenters. The topological polar surface area (TPSA) is 38.3 Å². The quantitative estimate of drug-likeness (QED) is 0.787. The van der Waals surface area contributed by atoms with E-state index in [4.69, 9.17) is 4.74 Å². The second-order valence-corrected chi connectivity index (χ2v) is 6.24. The molecule has 2 aromatic rings. The summed E-state index contributed by atoms with van der Waals surface area (Å²) >= 11 is 2.23. The average molecular weight is 395 g/mol. The Morgan fingerprint density at radius 2 is 1.67 bits per heavy atom. The summed E-state index contributed by atoms with van der Waals surface area (Å²) in [6.45, 7) is 6.04. The van der Waals surface area contributed by atoms with Crippen molar-refractivity contribution in [3.05, 3.63) is 56.7 Å². The van der Waals surface area contributed by atoms with Crippen molar-refractivity contribution >= 4 is 34.2 Å². The molecule has 0 radical (unpaired) electrons. The summed E-state index contributed by atoms with van der Waals surface area (Å²) in [7, 11) is 0. The van der Waals surface area contributed by atoms with Crippen LogP contribution in [0, 0.1) is 24.3 Å². The van der Waals surface area contributed by atoms with E-state index in [0.29, 0.717) is 0 Å². The molecule has 110 valence electrons. The third-order valence-corrected chi connectivity index (χ3v) is 4.07. The number of carbonyl (C=O) groups is 1. The number of amides is 1. The second kappa shape index (κ2) is 6.93. The molecule has 0 spiro atoms. The summed E-state index contributed by atoms with van der Waals surface area (Å²) in [5.41, 5.74) is 4.06. The predicted octanol–water partition coefficient (Wildman–Crippen LogP) is 4.23. The van der Waals surface area contributed by atoms with Crippen LogP contribution >= 0.6 is 22.6 Å². The Bertz CT molecular complexity index is 651. The van der Waals surface area contributed by atoms with Crippen molar-refractivity contribution in [2.24, 2.45) is 0 Å². The smallest absolute Gasteiger partial charge is 0.262 e. The standard InChI is InChI=1S/C17H18INO2/c1-11-4-5-12(2)17(13(11)3)21-10-16(20)19-15-8-6-14(18)7-9-15/h4-9H,10H2,1-3H3,(H,19,20). The number of nitrogens with one attached hydrogen (secondary N) is 1. The molecular weight excluding hydrogens is 377 g/mol. The number of rotatable bonds is 4. The van der Waals surface area contributed by atoms with Gasteiger partial charge in [0, 0.05) is 9.26 Å². The summed E-state index contributed by atoms with van der Waals surface area (Å²) in [4.78, 5) is 11.9. The number of hydrogen-bond acceptors (Lipinski definition) is 2. The number of hydrogen-bond donors (Lipinski definition) is 1. The first-order valence-corrected chi connectivity index (χ1v) is 7.80. The van der Waals surface area contributed by atoms with Crippen molar-refractivity contribution in [3.63, 3.8) is 0 Å². The zero-order chi connectivity index (χ0) is 15.4. The Morgan fingerprint density at radius 3 is 2.33 bits per heavy atom. The summed E-state index contributed by atoms with van der Waals surface area (Å²) < 4.78 is 6.82. The van der Waals surface area contributed by atoms with E-state index in [1.807, 2.05) is 51.1 Å². The van der Waals surface area contributed by atoms with E-state index in [9.17, 15) is 4.79 Å². The molecule has 1 amide bonds. The Labute approximate surface area is 138 Å². The molecule has 0 heterocycles. The van der Waals surface area contributed by atoms with Crippen LogP contribution in [-0.4, -0.2) is 12.5 Å². The first-order chi connectivity index (χ1) is 9.97. The lowest BCUT2D eigenvalue weighted by molar-refractivity contribution is -0.118. The van der Waals surface area contributed by atoms with Gasteiger partial charge < -0.3 is 10.1 Å². The van der Waals surface area contributed by atoms with E-state index in [1.54, 1.807) is 0 Å². The fraction of sp³-hybridized carbons (Fsp3) is 0.235. The van der Waals surface area contributed by atoms with Crippen molar-refractivity contribution in [1.29, 1.82) is 0 Å². The minimum Gasteiger partial charge on any atom is -0.483 e. The zero-order valence-corrected chi connectivity index (χ0v) is 14.5. The number of carbonyl (C=O) groups excluding carboxylic acids is 1. The van der Waals surface area contributed by atoms with Gasteiger partial charge in [-0.25, -0.2) is 0 Å². The molecule has 0 saturated carbocycles. The van der Waals surface area contributed by atoms with Gasteiger partial charge in [0.05, 0.1) is 0 Å². The molecule has 0 bridgehead atoms. The average Bonchev–Trinajstić information content (AvgIpc) is 2.45. The summed E-state index contributed by atoms with van der Waals surface area (Å²) in [5, 5.41) is 2.83. The molecule has 0 atom stereocenters. The largest absolute Gasteiger partial charge is 0.483 e. The third-order valence-electron chi connectivity index (χ3n) is 3.35. The predicted molar refractivity (Wildman–Crippen MR) is 93.9 cm³/mol. The van der Waals surface area contributed by atoms with E-state index < -0.39 is 0 Å². The number of aryl methyl sites for hydroxylation is 2. The number of anilines is 1. The molecule has 3 nitrogen and oxygen atoms in total. The van der Waals surface area contributed by atoms with Gasteiger partial charge in [-0.05, 0) is 84.3 Å². The molecule has 0 aliphatic heterocycles. The SMILES string of the molecule is Cc1ccc(C)c(OCC(=O)Nc2ccc(I)cc2)c1C. The Morgan fingerprint density at radius 1 is 1.05 bits per heavy atom. The minimum absolute atomic E-state index is 0.0110. The third kappa shape index (κ3) is 4.20. The lowest BCUT2D eigenvalue weighted by Crippen LogP contribution is -2.20. The minimum atomic E-state index is -0.156. The van der Waals surface area contributed by atoms with Gasteiger partial charge >= 0.3 is 0 Å². The van der Waals surface area contributed by atoms with Gasteiger partial charge in [-0.15, -0.1) is 0 Å². The molecule has 0 aromatic heterocycles. The fourth-order valence-corrected chi connectivity index (χ4v) is 2.38. The van der Waals surface area contributed by atoms with Crippen LogP contribution in [0.25, 0.3) is 0 Å². The maximum Gasteiger partial charge on any atom is 0.262 e. The van der Waals surface area contributed by atoms with Crippen LogP contribution in [0.1, 0.15) is 16.7 Å². The van der Waals surface area contributed by atoms with Crippen LogP contribution in [0.4, 0.5) is 5.69 Å². The van der Waals surface area contributed by atoms with Crippen LogP contribution in [0.3, 0.4) is 0 Å². The van der Waals surface area contributed by atoms with Gasteiger partial charge in [-0.3, -0.25) is 4.79 Å². The second-order valence-electron chi connectivity index (χ2n) is 5.00. The molecule has 2 rings (SSSR count). The molecule has 0 saturated heterocycles. The van der Waals surface area contributed by atoms with Crippen LogP contribution in [0.15, 0.2) is 36.4 Å². The molecule has 0 aliphatic rings. The lowest BCUT2D eigenvalue weighted by atomic mass is 10.1. The van der Waals surface area contributed by atoms with E-state index in [0.717, 1.165) is 31.7 Å². The Hall–Kier alpha value is -1.56. The highest BCUT2D eigenvalue weighted by Gasteiger charge is 2.09. The normalized spacial score (nSPS) is 10.3. The van der Waals surface area contributed by atoms with Gasteiger partial charge in [0.2, 0.25) is 0 Å². The molecule has 4 heteroatoms. The van der Waals surface area contributed by atoms with E-state index in [1.165, 1.54) is 0 Å². The maximum atomic E-state index is 11.9. The van der Waals surface area contributed by atoms with Crippen molar-refractivity contribution in [2.45, 2.75) is 20.8 Å². The summed E-state index contributed by atoms with van der Waals surface area (Å²) in [6.07, 6.45) is 0. The van der Waals surface area contributed by atoms with Crippen LogP contribution in [-0.2, 0) is 4.79 Å². The van der Waals surface area contributed by atoms with Crippen LogP contribution in [0.5, 0.6) is 5.75 Å². The van der Waals surface area contributed by atoms with Gasteiger partial charge in [0.1, 0.15) is 5.75 Å². The highest BCUT2D eigenvalue weighted by Crippen LogP contribution is 2.25.